The van der Waals surface area contributed by atoms with Crippen LogP contribution in [-0.4, -0.2) is 5.16 Å². The Morgan fingerprint density at radius 2 is 2.00 bits per heavy atom. The van der Waals surface area contributed by atoms with Gasteiger partial charge in [0.15, 0.2) is 0 Å². The highest BCUT2D eigenvalue weighted by atomic mass is 35.5. The first-order valence-electron chi connectivity index (χ1n) is 5.31. The van der Waals surface area contributed by atoms with Crippen LogP contribution in [0.5, 0.6) is 0 Å². The maximum atomic E-state index is 6.17. The first-order chi connectivity index (χ1) is 7.58. The summed E-state index contributed by atoms with van der Waals surface area (Å²) in [6.07, 6.45) is 0. The Hall–Kier alpha value is -1.28. The molecule has 0 bridgehead atoms. The van der Waals surface area contributed by atoms with Gasteiger partial charge in [0.25, 0.3) is 0 Å². The molecule has 0 radical (unpaired) electrons. The zero-order valence-electron chi connectivity index (χ0n) is 9.62. The lowest BCUT2D eigenvalue weighted by Gasteiger charge is -2.00. The molecule has 0 aliphatic rings. The number of hydrogen-bond acceptors (Lipinski definition) is 2. The van der Waals surface area contributed by atoms with Crippen molar-refractivity contribution in [2.24, 2.45) is 0 Å². The third-order valence-corrected chi connectivity index (χ3v) is 2.81. The van der Waals surface area contributed by atoms with Crippen LogP contribution in [-0.2, 0) is 0 Å². The fourth-order valence-electron chi connectivity index (χ4n) is 1.52. The van der Waals surface area contributed by atoms with Crippen LogP contribution in [0.2, 0.25) is 5.02 Å². The highest BCUT2D eigenvalue weighted by molar-refractivity contribution is 6.33. The highest BCUT2D eigenvalue weighted by Gasteiger charge is 2.11. The van der Waals surface area contributed by atoms with Gasteiger partial charge in [-0.1, -0.05) is 42.7 Å². The summed E-state index contributed by atoms with van der Waals surface area (Å²) in [5.74, 6) is 1.22. The van der Waals surface area contributed by atoms with Crippen molar-refractivity contribution >= 4 is 11.6 Å². The van der Waals surface area contributed by atoms with Crippen LogP contribution in [0.25, 0.3) is 11.3 Å². The zero-order valence-corrected chi connectivity index (χ0v) is 10.4. The molecule has 0 aliphatic carbocycles. The molecule has 0 unspecified atom stereocenters. The van der Waals surface area contributed by atoms with E-state index in [-0.39, 0.29) is 0 Å². The SMILES string of the molecule is Cc1ccc(-c2cc(C(C)C)on2)c(Cl)c1. The molecule has 0 atom stereocenters. The number of nitrogens with zero attached hydrogens (tertiary/aromatic N) is 1. The van der Waals surface area contributed by atoms with Crippen LogP contribution in [0.4, 0.5) is 0 Å². The van der Waals surface area contributed by atoms with E-state index in [9.17, 15) is 0 Å². The van der Waals surface area contributed by atoms with E-state index in [4.69, 9.17) is 16.1 Å². The molecule has 0 spiro atoms. The summed E-state index contributed by atoms with van der Waals surface area (Å²) in [5, 5.41) is 4.75. The Labute approximate surface area is 100 Å². The summed E-state index contributed by atoms with van der Waals surface area (Å²) in [6.45, 7) is 6.15. The first kappa shape index (κ1) is 11.2. The van der Waals surface area contributed by atoms with Crippen LogP contribution >= 0.6 is 11.6 Å². The van der Waals surface area contributed by atoms with E-state index in [0.29, 0.717) is 10.9 Å². The number of benzene rings is 1. The number of rotatable bonds is 2. The number of halogens is 1. The topological polar surface area (TPSA) is 26.0 Å². The third kappa shape index (κ3) is 2.12. The molecule has 2 aromatic rings. The van der Waals surface area contributed by atoms with Crippen molar-refractivity contribution in [3.05, 3.63) is 40.6 Å². The van der Waals surface area contributed by atoms with E-state index in [1.807, 2.05) is 31.2 Å². The van der Waals surface area contributed by atoms with E-state index < -0.39 is 0 Å². The van der Waals surface area contributed by atoms with Crippen LogP contribution in [0.15, 0.2) is 28.8 Å². The third-order valence-electron chi connectivity index (χ3n) is 2.50. The molecule has 2 nitrogen and oxygen atoms in total. The summed E-state index contributed by atoms with van der Waals surface area (Å²) in [4.78, 5) is 0. The molecule has 16 heavy (non-hydrogen) atoms. The van der Waals surface area contributed by atoms with Crippen molar-refractivity contribution in [1.29, 1.82) is 0 Å². The fraction of sp³-hybridized carbons (Fsp3) is 0.308. The molecule has 0 saturated carbocycles. The van der Waals surface area contributed by atoms with Gasteiger partial charge < -0.3 is 4.52 Å². The van der Waals surface area contributed by atoms with Crippen LogP contribution in [0, 0.1) is 6.92 Å². The second-order valence-electron chi connectivity index (χ2n) is 4.25. The lowest BCUT2D eigenvalue weighted by molar-refractivity contribution is 0.373. The second kappa shape index (κ2) is 4.30. The van der Waals surface area contributed by atoms with E-state index in [2.05, 4.69) is 19.0 Å². The molecule has 0 amide bonds. The van der Waals surface area contributed by atoms with Gasteiger partial charge in [-0.3, -0.25) is 0 Å². The Morgan fingerprint density at radius 1 is 1.25 bits per heavy atom. The summed E-state index contributed by atoms with van der Waals surface area (Å²) >= 11 is 6.17. The van der Waals surface area contributed by atoms with E-state index >= 15 is 0 Å². The van der Waals surface area contributed by atoms with Crippen molar-refractivity contribution in [2.45, 2.75) is 26.7 Å². The number of hydrogen-bond donors (Lipinski definition) is 0. The van der Waals surface area contributed by atoms with Crippen molar-refractivity contribution in [2.75, 3.05) is 0 Å². The summed E-state index contributed by atoms with van der Waals surface area (Å²) in [5.41, 5.74) is 2.86. The molecule has 3 heteroatoms. The van der Waals surface area contributed by atoms with E-state index in [1.54, 1.807) is 0 Å². The zero-order chi connectivity index (χ0) is 11.7. The largest absolute Gasteiger partial charge is 0.361 e. The molecular weight excluding hydrogens is 222 g/mol. The predicted molar refractivity (Wildman–Crippen MR) is 65.8 cm³/mol. The van der Waals surface area contributed by atoms with Crippen molar-refractivity contribution < 1.29 is 4.52 Å². The van der Waals surface area contributed by atoms with Crippen LogP contribution < -0.4 is 0 Å². The van der Waals surface area contributed by atoms with Gasteiger partial charge in [0.2, 0.25) is 0 Å². The average molecular weight is 236 g/mol. The lowest BCUT2D eigenvalue weighted by Crippen LogP contribution is -1.82. The molecular formula is C13H14ClNO. The maximum Gasteiger partial charge on any atom is 0.139 e. The van der Waals surface area contributed by atoms with Crippen molar-refractivity contribution in [3.8, 4) is 11.3 Å². The average Bonchev–Trinajstić information content (AvgIpc) is 2.66. The van der Waals surface area contributed by atoms with Gasteiger partial charge in [0.05, 0.1) is 5.02 Å². The highest BCUT2D eigenvalue weighted by Crippen LogP contribution is 2.29. The Morgan fingerprint density at radius 3 is 2.56 bits per heavy atom. The van der Waals surface area contributed by atoms with Gasteiger partial charge in [0, 0.05) is 17.5 Å². The minimum atomic E-state index is 0.338. The lowest BCUT2D eigenvalue weighted by atomic mass is 10.1. The molecule has 0 fully saturated rings. The van der Waals surface area contributed by atoms with Gasteiger partial charge in [0.1, 0.15) is 11.5 Å². The molecule has 84 valence electrons. The Balaban J connectivity index is 2.42. The monoisotopic (exact) mass is 235 g/mol. The minimum absolute atomic E-state index is 0.338. The molecule has 2 rings (SSSR count). The maximum absolute atomic E-state index is 6.17. The Bertz CT molecular complexity index is 502. The quantitative estimate of drug-likeness (QED) is 0.770. The summed E-state index contributed by atoms with van der Waals surface area (Å²) in [7, 11) is 0. The number of aromatic nitrogens is 1. The molecule has 1 aromatic carbocycles. The fourth-order valence-corrected chi connectivity index (χ4v) is 1.85. The molecule has 0 aliphatic heterocycles. The predicted octanol–water partition coefficient (Wildman–Crippen LogP) is 4.43. The molecule has 0 N–H and O–H groups in total. The normalized spacial score (nSPS) is 11.1. The number of aryl methyl sites for hydroxylation is 1. The van der Waals surface area contributed by atoms with Gasteiger partial charge in [-0.2, -0.15) is 0 Å². The van der Waals surface area contributed by atoms with Crippen LogP contribution in [0.3, 0.4) is 0 Å². The van der Waals surface area contributed by atoms with E-state index in [0.717, 1.165) is 22.6 Å². The van der Waals surface area contributed by atoms with Crippen LogP contribution in [0.1, 0.15) is 31.1 Å². The van der Waals surface area contributed by atoms with Gasteiger partial charge >= 0.3 is 0 Å². The molecule has 0 saturated heterocycles. The first-order valence-corrected chi connectivity index (χ1v) is 5.69. The van der Waals surface area contributed by atoms with Crippen molar-refractivity contribution in [3.63, 3.8) is 0 Å². The smallest absolute Gasteiger partial charge is 0.139 e. The second-order valence-corrected chi connectivity index (χ2v) is 4.66. The molecule has 1 aromatic heterocycles. The van der Waals surface area contributed by atoms with Crippen molar-refractivity contribution in [1.82, 2.24) is 5.16 Å². The van der Waals surface area contributed by atoms with E-state index in [1.165, 1.54) is 0 Å². The Kier molecular flexibility index (Phi) is 3.01. The van der Waals surface area contributed by atoms with Gasteiger partial charge in [-0.05, 0) is 18.6 Å². The van der Waals surface area contributed by atoms with Gasteiger partial charge in [-0.25, -0.2) is 0 Å². The summed E-state index contributed by atoms with van der Waals surface area (Å²) < 4.78 is 5.26. The van der Waals surface area contributed by atoms with Gasteiger partial charge in [-0.15, -0.1) is 0 Å². The minimum Gasteiger partial charge on any atom is -0.361 e. The molecule has 1 heterocycles. The standard InChI is InChI=1S/C13H14ClNO/c1-8(2)13-7-12(15-16-13)10-5-4-9(3)6-11(10)14/h4-8H,1-3H3. The summed E-state index contributed by atoms with van der Waals surface area (Å²) in [6, 6.07) is 7.87.